The predicted molar refractivity (Wildman–Crippen MR) is 126 cm³/mol. The quantitative estimate of drug-likeness (QED) is 0.334. The first-order chi connectivity index (χ1) is 14.6. The number of oxime groups is 1. The number of carbonyl (C=O) groups is 2. The van der Waals surface area contributed by atoms with Crippen LogP contribution in [-0.2, 0) is 14.4 Å². The Kier molecular flexibility index (Phi) is 8.99. The van der Waals surface area contributed by atoms with Crippen molar-refractivity contribution >= 4 is 28.9 Å². The van der Waals surface area contributed by atoms with Crippen LogP contribution < -0.4 is 0 Å². The zero-order valence-corrected chi connectivity index (χ0v) is 20.7. The highest BCUT2D eigenvalue weighted by molar-refractivity contribution is 6.32. The highest BCUT2D eigenvalue weighted by atomic mass is 35.5. The molecule has 1 aliphatic carbocycles. The number of carbonyl (C=O) groups excluding carboxylic acids is 2. The molecule has 0 saturated heterocycles. The Hall–Kier alpha value is -2.01. The Morgan fingerprint density at radius 2 is 1.87 bits per heavy atom. The summed E-state index contributed by atoms with van der Waals surface area (Å²) in [5, 5.41) is 4.81. The van der Waals surface area contributed by atoms with E-state index in [1.54, 1.807) is 0 Å². The molecule has 0 amide bonds. The van der Waals surface area contributed by atoms with E-state index < -0.39 is 0 Å². The van der Waals surface area contributed by atoms with Gasteiger partial charge in [-0.3, -0.25) is 14.6 Å². The molecular formula is C25H35ClN2O3. The molecule has 1 heterocycles. The van der Waals surface area contributed by atoms with E-state index >= 15 is 0 Å². The van der Waals surface area contributed by atoms with Gasteiger partial charge in [0, 0.05) is 35.6 Å². The number of aromatic nitrogens is 1. The lowest BCUT2D eigenvalue weighted by molar-refractivity contribution is -0.119. The molecule has 2 rings (SSSR count). The summed E-state index contributed by atoms with van der Waals surface area (Å²) in [4.78, 5) is 36.6. The van der Waals surface area contributed by atoms with Crippen LogP contribution in [0.25, 0.3) is 0 Å². The molecule has 6 heteroatoms. The van der Waals surface area contributed by atoms with E-state index in [1.807, 2.05) is 48.5 Å². The lowest BCUT2D eigenvalue weighted by atomic mass is 9.76. The van der Waals surface area contributed by atoms with Crippen molar-refractivity contribution in [3.63, 3.8) is 0 Å². The molecule has 170 valence electrons. The number of pyridine rings is 1. The SMILES string of the molecule is CCC/C(=N\OCC)C1=C(C(=O)CC(C)C)CC(c2nc(C)c(C)c(C)c2Cl)CC1=O. The molecule has 5 nitrogen and oxygen atoms in total. The second-order valence-corrected chi connectivity index (χ2v) is 9.13. The number of hydrogen-bond donors (Lipinski definition) is 0. The van der Waals surface area contributed by atoms with Gasteiger partial charge in [-0.15, -0.1) is 0 Å². The van der Waals surface area contributed by atoms with Crippen molar-refractivity contribution in [1.29, 1.82) is 0 Å². The fourth-order valence-electron chi connectivity index (χ4n) is 4.00. The third kappa shape index (κ3) is 5.82. The highest BCUT2D eigenvalue weighted by Crippen LogP contribution is 2.40. The molecule has 1 atom stereocenters. The van der Waals surface area contributed by atoms with Crippen molar-refractivity contribution in [3.8, 4) is 0 Å². The topological polar surface area (TPSA) is 68.6 Å². The first kappa shape index (κ1) is 25.3. The van der Waals surface area contributed by atoms with Crippen LogP contribution in [0.3, 0.4) is 0 Å². The second kappa shape index (κ2) is 11.0. The van der Waals surface area contributed by atoms with Crippen LogP contribution in [-0.4, -0.2) is 28.9 Å². The molecule has 0 fully saturated rings. The Balaban J connectivity index is 2.61. The van der Waals surface area contributed by atoms with E-state index in [-0.39, 0.29) is 29.8 Å². The molecule has 1 aromatic heterocycles. The molecule has 1 unspecified atom stereocenters. The number of aryl methyl sites for hydroxylation is 1. The molecule has 0 N–H and O–H groups in total. The van der Waals surface area contributed by atoms with Gasteiger partial charge < -0.3 is 4.84 Å². The largest absolute Gasteiger partial charge is 0.396 e. The maximum absolute atomic E-state index is 13.4. The molecule has 0 aliphatic heterocycles. The summed E-state index contributed by atoms with van der Waals surface area (Å²) in [6, 6.07) is 0. The third-order valence-corrected chi connectivity index (χ3v) is 6.28. The molecule has 31 heavy (non-hydrogen) atoms. The standard InChI is InChI=1S/C25H35ClN2O3/c1-8-10-20(28-31-9-2)23-19(21(29)11-14(3)4)12-18(13-22(23)30)25-24(26)16(6)15(5)17(7)27-25/h14,18H,8-13H2,1-7H3/b28-20+. The minimum atomic E-state index is -0.220. The molecule has 0 radical (unpaired) electrons. The second-order valence-electron chi connectivity index (χ2n) is 8.76. The smallest absolute Gasteiger partial charge is 0.165 e. The van der Waals surface area contributed by atoms with Gasteiger partial charge in [0.15, 0.2) is 11.6 Å². The summed E-state index contributed by atoms with van der Waals surface area (Å²) in [6.07, 6.45) is 2.49. The molecular weight excluding hydrogens is 412 g/mol. The lowest BCUT2D eigenvalue weighted by Crippen LogP contribution is -2.28. The van der Waals surface area contributed by atoms with Gasteiger partial charge in [-0.25, -0.2) is 0 Å². The average Bonchev–Trinajstić information content (AvgIpc) is 2.71. The minimum absolute atomic E-state index is 0.0000273. The van der Waals surface area contributed by atoms with E-state index in [1.165, 1.54) is 0 Å². The van der Waals surface area contributed by atoms with Crippen LogP contribution in [0.5, 0.6) is 0 Å². The number of ketones is 2. The maximum atomic E-state index is 13.4. The molecule has 1 aliphatic rings. The Labute approximate surface area is 191 Å². The Bertz CT molecular complexity index is 916. The van der Waals surface area contributed by atoms with Crippen molar-refractivity contribution in [2.24, 2.45) is 11.1 Å². The number of rotatable bonds is 9. The monoisotopic (exact) mass is 446 g/mol. The minimum Gasteiger partial charge on any atom is -0.396 e. The maximum Gasteiger partial charge on any atom is 0.165 e. The van der Waals surface area contributed by atoms with Crippen LogP contribution in [0.4, 0.5) is 0 Å². The molecule has 0 saturated carbocycles. The van der Waals surface area contributed by atoms with E-state index in [4.69, 9.17) is 21.4 Å². The van der Waals surface area contributed by atoms with Crippen LogP contribution in [0.2, 0.25) is 5.02 Å². The number of allylic oxidation sites excluding steroid dienone is 2. The first-order valence-corrected chi connectivity index (χ1v) is 11.6. The summed E-state index contributed by atoms with van der Waals surface area (Å²) in [5.41, 5.74) is 5.23. The van der Waals surface area contributed by atoms with E-state index in [0.29, 0.717) is 53.4 Å². The van der Waals surface area contributed by atoms with E-state index in [0.717, 1.165) is 23.2 Å². The number of nitrogens with zero attached hydrogens (tertiary/aromatic N) is 2. The highest BCUT2D eigenvalue weighted by Gasteiger charge is 2.36. The van der Waals surface area contributed by atoms with Crippen molar-refractivity contribution in [3.05, 3.63) is 38.7 Å². The fourth-order valence-corrected chi connectivity index (χ4v) is 4.34. The van der Waals surface area contributed by atoms with Crippen LogP contribution in [0, 0.1) is 26.7 Å². The zero-order chi connectivity index (χ0) is 23.3. The first-order valence-electron chi connectivity index (χ1n) is 11.2. The summed E-state index contributed by atoms with van der Waals surface area (Å²) in [7, 11) is 0. The number of Topliss-reactive ketones (excluding diaryl/α,β-unsaturated/α-hetero) is 2. The van der Waals surface area contributed by atoms with Gasteiger partial charge >= 0.3 is 0 Å². The van der Waals surface area contributed by atoms with Crippen LogP contribution in [0.15, 0.2) is 16.3 Å². The van der Waals surface area contributed by atoms with Crippen molar-refractivity contribution in [2.75, 3.05) is 6.61 Å². The van der Waals surface area contributed by atoms with Crippen molar-refractivity contribution < 1.29 is 14.4 Å². The van der Waals surface area contributed by atoms with Gasteiger partial charge in [-0.1, -0.05) is 43.9 Å². The number of hydrogen-bond acceptors (Lipinski definition) is 5. The summed E-state index contributed by atoms with van der Waals surface area (Å²) in [6.45, 7) is 14.2. The molecule has 0 bridgehead atoms. The molecule has 1 aromatic rings. The van der Waals surface area contributed by atoms with Gasteiger partial charge in [0.25, 0.3) is 0 Å². The van der Waals surface area contributed by atoms with Gasteiger partial charge in [0.2, 0.25) is 0 Å². The van der Waals surface area contributed by atoms with Crippen LogP contribution >= 0.6 is 11.6 Å². The average molecular weight is 447 g/mol. The summed E-state index contributed by atoms with van der Waals surface area (Å²) >= 11 is 6.66. The van der Waals surface area contributed by atoms with Crippen molar-refractivity contribution in [1.82, 2.24) is 4.98 Å². The van der Waals surface area contributed by atoms with Gasteiger partial charge in [0.1, 0.15) is 6.61 Å². The lowest BCUT2D eigenvalue weighted by Gasteiger charge is -2.28. The summed E-state index contributed by atoms with van der Waals surface area (Å²) in [5.74, 6) is -0.104. The van der Waals surface area contributed by atoms with Crippen molar-refractivity contribution in [2.45, 2.75) is 86.5 Å². The van der Waals surface area contributed by atoms with Gasteiger partial charge in [0.05, 0.1) is 16.4 Å². The fraction of sp³-hybridized carbons (Fsp3) is 0.600. The van der Waals surface area contributed by atoms with Crippen LogP contribution in [0.1, 0.15) is 88.2 Å². The zero-order valence-electron chi connectivity index (χ0n) is 19.9. The third-order valence-electron chi connectivity index (χ3n) is 5.81. The number of halogens is 1. The van der Waals surface area contributed by atoms with Gasteiger partial charge in [-0.2, -0.15) is 0 Å². The Morgan fingerprint density at radius 3 is 2.45 bits per heavy atom. The van der Waals surface area contributed by atoms with E-state index in [9.17, 15) is 9.59 Å². The normalized spacial score (nSPS) is 17.5. The van der Waals surface area contributed by atoms with Gasteiger partial charge in [-0.05, 0) is 57.6 Å². The molecule has 0 spiro atoms. The molecule has 0 aromatic carbocycles. The Morgan fingerprint density at radius 1 is 1.19 bits per heavy atom. The predicted octanol–water partition coefficient (Wildman–Crippen LogP) is 6.21. The summed E-state index contributed by atoms with van der Waals surface area (Å²) < 4.78 is 0. The van der Waals surface area contributed by atoms with E-state index in [2.05, 4.69) is 5.16 Å².